The van der Waals surface area contributed by atoms with E-state index in [1.54, 1.807) is 23.4 Å². The van der Waals surface area contributed by atoms with Gasteiger partial charge in [-0.3, -0.25) is 23.9 Å². The standard InChI is InChI=1S/C37H37FN6O4S/c38-30-19-31(25-7-4-14-39-20-25)49-32(30)36(47)42-15-10-27(29(21-42)24-5-2-1-3-6-24)34(45)41-17-12-37(48,13-18-41)22-43-23-40-33-28(35(43)46)11-16-44(33)26-8-9-26/h1-7,11,14,16,19-20,23,26-27,29,48H,8-10,12-13,15,17-18,21-22H2/t27-,29+/m1/s1. The van der Waals surface area contributed by atoms with Crippen molar-refractivity contribution in [2.24, 2.45) is 5.92 Å². The highest BCUT2D eigenvalue weighted by Gasteiger charge is 2.42. The summed E-state index contributed by atoms with van der Waals surface area (Å²) in [7, 11) is 0. The van der Waals surface area contributed by atoms with E-state index in [1.807, 2.05) is 53.6 Å². The molecule has 6 heterocycles. The number of benzene rings is 1. The van der Waals surface area contributed by atoms with Crippen LogP contribution in [0.4, 0.5) is 4.39 Å². The molecular formula is C37H37FN6O4S. The molecule has 252 valence electrons. The summed E-state index contributed by atoms with van der Waals surface area (Å²) < 4.78 is 18.7. The number of amides is 2. The first-order valence-electron chi connectivity index (χ1n) is 16.9. The minimum atomic E-state index is -1.15. The van der Waals surface area contributed by atoms with E-state index in [9.17, 15) is 19.5 Å². The first-order valence-corrected chi connectivity index (χ1v) is 17.7. The average molecular weight is 681 g/mol. The highest BCUT2D eigenvalue weighted by molar-refractivity contribution is 7.17. The van der Waals surface area contributed by atoms with E-state index < -0.39 is 11.4 Å². The number of carbonyl (C=O) groups excluding carboxylic acids is 2. The molecule has 10 nitrogen and oxygen atoms in total. The van der Waals surface area contributed by atoms with Gasteiger partial charge in [0.25, 0.3) is 11.5 Å². The lowest BCUT2D eigenvalue weighted by atomic mass is 9.79. The lowest BCUT2D eigenvalue weighted by Crippen LogP contribution is -2.53. The van der Waals surface area contributed by atoms with Crippen molar-refractivity contribution >= 4 is 34.2 Å². The van der Waals surface area contributed by atoms with Crippen molar-refractivity contribution in [2.45, 2.75) is 56.2 Å². The van der Waals surface area contributed by atoms with Gasteiger partial charge in [-0.2, -0.15) is 0 Å². The number of nitrogens with zero attached hydrogens (tertiary/aromatic N) is 6. The maximum absolute atomic E-state index is 15.1. The number of pyridine rings is 1. The minimum Gasteiger partial charge on any atom is -0.388 e. The summed E-state index contributed by atoms with van der Waals surface area (Å²) in [5.74, 6) is -1.59. The number of hydrogen-bond acceptors (Lipinski definition) is 7. The van der Waals surface area contributed by atoms with E-state index in [4.69, 9.17) is 0 Å². The molecule has 1 aliphatic carbocycles. The Hall–Kier alpha value is -4.68. The van der Waals surface area contributed by atoms with Crippen LogP contribution in [0.2, 0.25) is 0 Å². The fraction of sp³-hybridized carbons (Fsp3) is 0.378. The zero-order valence-electron chi connectivity index (χ0n) is 27.0. The van der Waals surface area contributed by atoms with Gasteiger partial charge in [0.05, 0.1) is 17.5 Å². The highest BCUT2D eigenvalue weighted by Crippen LogP contribution is 2.39. The predicted octanol–water partition coefficient (Wildman–Crippen LogP) is 5.10. The number of rotatable bonds is 7. The molecule has 49 heavy (non-hydrogen) atoms. The second-order valence-electron chi connectivity index (χ2n) is 13.6. The van der Waals surface area contributed by atoms with Crippen LogP contribution >= 0.6 is 11.3 Å². The Balaban J connectivity index is 0.958. The summed E-state index contributed by atoms with van der Waals surface area (Å²) in [5, 5.41) is 12.1. The zero-order valence-corrected chi connectivity index (χ0v) is 27.8. The van der Waals surface area contributed by atoms with Crippen LogP contribution < -0.4 is 5.56 Å². The highest BCUT2D eigenvalue weighted by atomic mass is 32.1. The van der Waals surface area contributed by atoms with Crippen LogP contribution in [0, 0.1) is 11.7 Å². The fourth-order valence-electron chi connectivity index (χ4n) is 7.47. The van der Waals surface area contributed by atoms with Crippen LogP contribution in [0.25, 0.3) is 21.5 Å². The molecule has 5 aromatic rings. The number of carbonyl (C=O) groups is 2. The Morgan fingerprint density at radius 1 is 1.00 bits per heavy atom. The van der Waals surface area contributed by atoms with Gasteiger partial charge in [-0.05, 0) is 55.9 Å². The lowest BCUT2D eigenvalue weighted by molar-refractivity contribution is -0.142. The molecule has 1 N–H and O–H groups in total. The summed E-state index contributed by atoms with van der Waals surface area (Å²) >= 11 is 1.12. The topological polar surface area (TPSA) is 114 Å². The molecule has 3 aliphatic rings. The summed E-state index contributed by atoms with van der Waals surface area (Å²) in [6.45, 7) is 1.45. The third kappa shape index (κ3) is 6.08. The zero-order chi connectivity index (χ0) is 33.7. The SMILES string of the molecule is O=C(c1sc(-c2cccnc2)cc1F)N1CC[C@@H](C(=O)N2CCC(O)(Cn3cnc4c(ccn4C4CC4)c3=O)CC2)[C@H](c2ccccc2)C1. The summed E-state index contributed by atoms with van der Waals surface area (Å²) in [4.78, 5) is 54.0. The van der Waals surface area contributed by atoms with E-state index in [-0.39, 0.29) is 47.2 Å². The molecule has 2 atom stereocenters. The van der Waals surface area contributed by atoms with Crippen LogP contribution in [-0.4, -0.2) is 77.6 Å². The lowest BCUT2D eigenvalue weighted by Gasteiger charge is -2.43. The maximum atomic E-state index is 15.1. The number of fused-ring (bicyclic) bond motifs is 1. The molecule has 1 aromatic carbocycles. The quantitative estimate of drug-likeness (QED) is 0.256. The molecule has 2 amide bonds. The van der Waals surface area contributed by atoms with Crippen molar-refractivity contribution in [2.75, 3.05) is 26.2 Å². The van der Waals surface area contributed by atoms with Gasteiger partial charge >= 0.3 is 0 Å². The Kier molecular flexibility index (Phi) is 8.15. The Morgan fingerprint density at radius 2 is 1.80 bits per heavy atom. The molecule has 2 saturated heterocycles. The normalized spacial score (nSPS) is 20.9. The second kappa shape index (κ2) is 12.6. The first kappa shape index (κ1) is 31.6. The van der Waals surface area contributed by atoms with Crippen molar-refractivity contribution in [1.82, 2.24) is 28.9 Å². The van der Waals surface area contributed by atoms with E-state index in [0.717, 1.165) is 35.3 Å². The predicted molar refractivity (Wildman–Crippen MR) is 184 cm³/mol. The molecule has 2 aliphatic heterocycles. The number of thiophene rings is 1. The van der Waals surface area contributed by atoms with Crippen molar-refractivity contribution in [3.8, 4) is 10.4 Å². The molecule has 0 unspecified atom stereocenters. The van der Waals surface area contributed by atoms with E-state index >= 15 is 4.39 Å². The maximum Gasteiger partial charge on any atom is 0.266 e. The molecule has 12 heteroatoms. The third-order valence-corrected chi connectivity index (χ3v) is 11.5. The number of aliphatic hydroxyl groups is 1. The van der Waals surface area contributed by atoms with Crippen LogP contribution in [0.1, 0.15) is 59.3 Å². The fourth-order valence-corrected chi connectivity index (χ4v) is 8.46. The molecule has 0 radical (unpaired) electrons. The molecule has 3 fully saturated rings. The summed E-state index contributed by atoms with van der Waals surface area (Å²) in [6, 6.07) is 16.9. The van der Waals surface area contributed by atoms with Crippen LogP contribution in [0.5, 0.6) is 0 Å². The summed E-state index contributed by atoms with van der Waals surface area (Å²) in [6.07, 6.45) is 10.0. The van der Waals surface area contributed by atoms with Gasteiger partial charge in [-0.15, -0.1) is 11.3 Å². The van der Waals surface area contributed by atoms with Gasteiger partial charge in [-0.1, -0.05) is 36.4 Å². The Bertz CT molecular complexity index is 2070. The number of halogens is 1. The van der Waals surface area contributed by atoms with Crippen molar-refractivity contribution in [3.63, 3.8) is 0 Å². The molecule has 1 saturated carbocycles. The van der Waals surface area contributed by atoms with Crippen molar-refractivity contribution < 1.29 is 19.1 Å². The number of likely N-dealkylation sites (tertiary alicyclic amines) is 2. The first-order chi connectivity index (χ1) is 23.8. The largest absolute Gasteiger partial charge is 0.388 e. The number of aromatic nitrogens is 4. The summed E-state index contributed by atoms with van der Waals surface area (Å²) in [5.41, 5.74) is 1.07. The third-order valence-electron chi connectivity index (χ3n) is 10.4. The average Bonchev–Trinajstić information content (AvgIpc) is 3.76. The van der Waals surface area contributed by atoms with Crippen LogP contribution in [0.15, 0.2) is 84.3 Å². The monoisotopic (exact) mass is 680 g/mol. The van der Waals surface area contributed by atoms with Gasteiger partial charge in [-0.25, -0.2) is 9.37 Å². The molecule has 0 bridgehead atoms. The molecule has 8 rings (SSSR count). The minimum absolute atomic E-state index is 0.00848. The number of hydrogen-bond donors (Lipinski definition) is 1. The Morgan fingerprint density at radius 3 is 2.53 bits per heavy atom. The smallest absolute Gasteiger partial charge is 0.266 e. The van der Waals surface area contributed by atoms with E-state index in [1.165, 1.54) is 17.0 Å². The molecule has 4 aromatic heterocycles. The van der Waals surface area contributed by atoms with Gasteiger partial charge in [0.2, 0.25) is 5.91 Å². The van der Waals surface area contributed by atoms with Crippen LogP contribution in [-0.2, 0) is 11.3 Å². The van der Waals surface area contributed by atoms with Gasteiger partial charge < -0.3 is 19.5 Å². The van der Waals surface area contributed by atoms with E-state index in [0.29, 0.717) is 60.8 Å². The van der Waals surface area contributed by atoms with E-state index in [2.05, 4.69) is 14.5 Å². The van der Waals surface area contributed by atoms with Crippen LogP contribution in [0.3, 0.4) is 0 Å². The van der Waals surface area contributed by atoms with Crippen molar-refractivity contribution in [3.05, 3.63) is 106 Å². The molecule has 0 spiro atoms. The Labute approximate surface area is 286 Å². The second-order valence-corrected chi connectivity index (χ2v) is 14.7. The van der Waals surface area contributed by atoms with Gasteiger partial charge in [0, 0.05) is 73.1 Å². The van der Waals surface area contributed by atoms with Crippen molar-refractivity contribution in [1.29, 1.82) is 0 Å². The molecular weight excluding hydrogens is 644 g/mol. The van der Waals surface area contributed by atoms with Gasteiger partial charge in [0.1, 0.15) is 22.7 Å². The number of piperidine rings is 2. The van der Waals surface area contributed by atoms with Gasteiger partial charge in [0.15, 0.2) is 0 Å².